The first kappa shape index (κ1) is 22.1. The summed E-state index contributed by atoms with van der Waals surface area (Å²) in [7, 11) is 0. The van der Waals surface area contributed by atoms with Gasteiger partial charge in [-0.25, -0.2) is 0 Å². The Balaban J connectivity index is 0.00000312. The highest BCUT2D eigenvalue weighted by Gasteiger charge is 2.34. The van der Waals surface area contributed by atoms with Gasteiger partial charge in [-0.2, -0.15) is 0 Å². The molecule has 0 aliphatic rings. The zero-order valence-electron chi connectivity index (χ0n) is 14.5. The fourth-order valence-electron chi connectivity index (χ4n) is 2.92. The van der Waals surface area contributed by atoms with Crippen molar-refractivity contribution in [2.45, 2.75) is 31.3 Å². The van der Waals surface area contributed by atoms with Crippen molar-refractivity contribution in [1.82, 2.24) is 5.32 Å². The maximum atomic E-state index is 11.3. The summed E-state index contributed by atoms with van der Waals surface area (Å²) in [6.45, 7) is 3.61. The van der Waals surface area contributed by atoms with Gasteiger partial charge in [-0.15, -0.1) is 12.4 Å². The van der Waals surface area contributed by atoms with Crippen LogP contribution >= 0.6 is 28.3 Å². The van der Waals surface area contributed by atoms with Gasteiger partial charge in [0.25, 0.3) is 0 Å². The molecule has 0 aromatic heterocycles. The van der Waals surface area contributed by atoms with Crippen molar-refractivity contribution in [3.05, 3.63) is 70.2 Å². The molecule has 2 aromatic rings. The molecule has 0 radical (unpaired) electrons. The Kier molecular flexibility index (Phi) is 9.69. The average Bonchev–Trinajstić information content (AvgIpc) is 2.59. The third kappa shape index (κ3) is 6.39. The summed E-state index contributed by atoms with van der Waals surface area (Å²) < 4.78 is 1.00. The van der Waals surface area contributed by atoms with E-state index in [4.69, 9.17) is 5.11 Å². The van der Waals surface area contributed by atoms with Crippen molar-refractivity contribution in [2.24, 2.45) is 0 Å². The number of hydrogen-bond donors (Lipinski definition) is 3. The second-order valence-electron chi connectivity index (χ2n) is 6.25. The van der Waals surface area contributed by atoms with Crippen LogP contribution < -0.4 is 5.32 Å². The normalized spacial score (nSPS) is 14.4. The van der Waals surface area contributed by atoms with Crippen LogP contribution in [0.4, 0.5) is 0 Å². The minimum atomic E-state index is -0.980. The third-order valence-corrected chi connectivity index (χ3v) is 4.95. The summed E-state index contributed by atoms with van der Waals surface area (Å²) in [5.41, 5.74) is 1.03. The highest BCUT2D eigenvalue weighted by Crippen LogP contribution is 2.36. The second-order valence-corrected chi connectivity index (χ2v) is 7.17. The summed E-state index contributed by atoms with van der Waals surface area (Å²) >= 11 is 3.45. The van der Waals surface area contributed by atoms with Crippen LogP contribution in [0.15, 0.2) is 59.1 Å². The van der Waals surface area contributed by atoms with E-state index in [2.05, 4.69) is 33.4 Å². The van der Waals surface area contributed by atoms with E-state index in [1.165, 1.54) is 0 Å². The molecule has 2 rings (SSSR count). The molecular formula is C20H27BrClNO2. The largest absolute Gasteiger partial charge is 0.396 e. The number of aliphatic hydroxyl groups excluding tert-OH is 1. The number of benzene rings is 2. The standard InChI is InChI=1S/C20H26BrNO2.ClH/c1-20(24,17-9-11-18(21)12-10-17)19(15-22-13-5-6-14-23)16-7-3-2-4-8-16;/h2-4,7-12,19,22-24H,5-6,13-15H2,1H3;1H. The van der Waals surface area contributed by atoms with Crippen LogP contribution in [0.5, 0.6) is 0 Å². The van der Waals surface area contributed by atoms with Crippen molar-refractivity contribution >= 4 is 28.3 Å². The molecule has 3 N–H and O–H groups in total. The van der Waals surface area contributed by atoms with Crippen LogP contribution in [0.2, 0.25) is 0 Å². The zero-order chi connectivity index (χ0) is 17.4. The van der Waals surface area contributed by atoms with Gasteiger partial charge in [-0.3, -0.25) is 0 Å². The number of rotatable bonds is 9. The van der Waals surface area contributed by atoms with Gasteiger partial charge in [0, 0.05) is 23.5 Å². The Labute approximate surface area is 165 Å². The molecule has 0 amide bonds. The molecule has 0 aliphatic heterocycles. The minimum absolute atomic E-state index is 0. The fraction of sp³-hybridized carbons (Fsp3) is 0.400. The molecule has 3 nitrogen and oxygen atoms in total. The molecule has 2 atom stereocenters. The lowest BCUT2D eigenvalue weighted by Gasteiger charge is -2.34. The summed E-state index contributed by atoms with van der Waals surface area (Å²) in [4.78, 5) is 0. The molecule has 138 valence electrons. The van der Waals surface area contributed by atoms with E-state index in [9.17, 15) is 5.11 Å². The van der Waals surface area contributed by atoms with Crippen molar-refractivity contribution in [2.75, 3.05) is 19.7 Å². The lowest BCUT2D eigenvalue weighted by atomic mass is 9.78. The summed E-state index contributed by atoms with van der Waals surface area (Å²) in [5, 5.41) is 23.6. The van der Waals surface area contributed by atoms with Gasteiger partial charge in [0.2, 0.25) is 0 Å². The van der Waals surface area contributed by atoms with Crippen LogP contribution in [0, 0.1) is 0 Å². The summed E-state index contributed by atoms with van der Waals surface area (Å²) in [6.07, 6.45) is 1.73. The quantitative estimate of drug-likeness (QED) is 0.524. The molecule has 0 saturated heterocycles. The van der Waals surface area contributed by atoms with E-state index in [1.54, 1.807) is 0 Å². The molecule has 0 heterocycles. The number of halogens is 2. The third-order valence-electron chi connectivity index (χ3n) is 4.42. The van der Waals surface area contributed by atoms with Crippen LogP contribution in [0.3, 0.4) is 0 Å². The molecule has 0 aliphatic carbocycles. The lowest BCUT2D eigenvalue weighted by molar-refractivity contribution is 0.0263. The van der Waals surface area contributed by atoms with E-state index in [1.807, 2.05) is 49.4 Å². The Morgan fingerprint density at radius 2 is 1.68 bits per heavy atom. The molecule has 0 saturated carbocycles. The Morgan fingerprint density at radius 1 is 1.04 bits per heavy atom. The van der Waals surface area contributed by atoms with Gasteiger partial charge in [0.1, 0.15) is 0 Å². The predicted molar refractivity (Wildman–Crippen MR) is 109 cm³/mol. The van der Waals surface area contributed by atoms with Crippen LogP contribution in [0.25, 0.3) is 0 Å². The maximum absolute atomic E-state index is 11.3. The van der Waals surface area contributed by atoms with Gasteiger partial charge < -0.3 is 15.5 Å². The van der Waals surface area contributed by atoms with Crippen LogP contribution in [-0.4, -0.2) is 29.9 Å². The number of hydrogen-bond acceptors (Lipinski definition) is 3. The van der Waals surface area contributed by atoms with E-state index < -0.39 is 5.60 Å². The Morgan fingerprint density at radius 3 is 2.28 bits per heavy atom. The van der Waals surface area contributed by atoms with Crippen molar-refractivity contribution in [1.29, 1.82) is 0 Å². The first-order valence-corrected chi connectivity index (χ1v) is 9.20. The summed E-state index contributed by atoms with van der Waals surface area (Å²) in [5.74, 6) is -0.0611. The van der Waals surface area contributed by atoms with Crippen molar-refractivity contribution < 1.29 is 10.2 Å². The van der Waals surface area contributed by atoms with Gasteiger partial charge in [-0.1, -0.05) is 58.4 Å². The van der Waals surface area contributed by atoms with Crippen LogP contribution in [0.1, 0.15) is 36.8 Å². The Hall–Kier alpha value is -0.910. The van der Waals surface area contributed by atoms with E-state index in [-0.39, 0.29) is 24.9 Å². The lowest BCUT2D eigenvalue weighted by Crippen LogP contribution is -2.37. The SMILES string of the molecule is CC(O)(c1ccc(Br)cc1)C(CNCCCCO)c1ccccc1.Cl. The van der Waals surface area contributed by atoms with Crippen molar-refractivity contribution in [3.8, 4) is 0 Å². The van der Waals surface area contributed by atoms with E-state index in [0.29, 0.717) is 6.54 Å². The molecule has 0 bridgehead atoms. The van der Waals surface area contributed by atoms with Gasteiger partial charge in [0.05, 0.1) is 5.60 Å². The number of unbranched alkanes of at least 4 members (excludes halogenated alkanes) is 1. The molecule has 2 unspecified atom stereocenters. The first-order chi connectivity index (χ1) is 11.6. The smallest absolute Gasteiger partial charge is 0.0948 e. The van der Waals surface area contributed by atoms with Gasteiger partial charge in [0.15, 0.2) is 0 Å². The molecule has 25 heavy (non-hydrogen) atoms. The maximum Gasteiger partial charge on any atom is 0.0948 e. The molecule has 2 aromatic carbocycles. The van der Waals surface area contributed by atoms with Crippen LogP contribution in [-0.2, 0) is 5.60 Å². The first-order valence-electron chi connectivity index (χ1n) is 8.40. The summed E-state index contributed by atoms with van der Waals surface area (Å²) in [6, 6.07) is 18.0. The molecule has 0 fully saturated rings. The number of aliphatic hydroxyl groups is 2. The molecular weight excluding hydrogens is 402 g/mol. The van der Waals surface area contributed by atoms with Gasteiger partial charge >= 0.3 is 0 Å². The highest BCUT2D eigenvalue weighted by molar-refractivity contribution is 9.10. The second kappa shape index (κ2) is 10.9. The minimum Gasteiger partial charge on any atom is -0.396 e. The van der Waals surface area contributed by atoms with Crippen molar-refractivity contribution in [3.63, 3.8) is 0 Å². The van der Waals surface area contributed by atoms with E-state index >= 15 is 0 Å². The van der Waals surface area contributed by atoms with E-state index in [0.717, 1.165) is 35.0 Å². The zero-order valence-corrected chi connectivity index (χ0v) is 16.9. The number of nitrogens with one attached hydrogen (secondary N) is 1. The monoisotopic (exact) mass is 427 g/mol. The Bertz CT molecular complexity index is 605. The molecule has 0 spiro atoms. The average molecular weight is 429 g/mol. The van der Waals surface area contributed by atoms with Gasteiger partial charge in [-0.05, 0) is 49.6 Å². The predicted octanol–water partition coefficient (Wildman–Crippen LogP) is 4.22. The molecule has 5 heteroatoms. The highest BCUT2D eigenvalue weighted by atomic mass is 79.9. The topological polar surface area (TPSA) is 52.5 Å². The fourth-order valence-corrected chi connectivity index (χ4v) is 3.19.